The normalized spacial score (nSPS) is 15.8. The first-order valence-electron chi connectivity index (χ1n) is 8.75. The van der Waals surface area contributed by atoms with Crippen LogP contribution in [0.3, 0.4) is 0 Å². The van der Waals surface area contributed by atoms with Gasteiger partial charge in [0, 0.05) is 6.04 Å². The van der Waals surface area contributed by atoms with E-state index in [0.29, 0.717) is 23.4 Å². The first-order chi connectivity index (χ1) is 11.6. The van der Waals surface area contributed by atoms with Crippen LogP contribution < -0.4 is 15.8 Å². The molecule has 1 aliphatic carbocycles. The van der Waals surface area contributed by atoms with E-state index in [4.69, 9.17) is 10.5 Å². The fourth-order valence-electron chi connectivity index (χ4n) is 3.08. The highest BCUT2D eigenvalue weighted by Crippen LogP contribution is 2.31. The second-order valence-corrected chi connectivity index (χ2v) is 6.62. The molecule has 1 saturated carbocycles. The Morgan fingerprint density at radius 2 is 1.79 bits per heavy atom. The Kier molecular flexibility index (Phi) is 5.18. The van der Waals surface area contributed by atoms with Crippen molar-refractivity contribution in [3.05, 3.63) is 35.7 Å². The summed E-state index contributed by atoms with van der Waals surface area (Å²) in [5, 5.41) is 3.48. The van der Waals surface area contributed by atoms with Crippen LogP contribution in [0.2, 0.25) is 0 Å². The van der Waals surface area contributed by atoms with Crippen LogP contribution >= 0.6 is 0 Å². The molecule has 1 aromatic heterocycles. The lowest BCUT2D eigenvalue weighted by atomic mass is 10.1. The molecule has 0 atom stereocenters. The second-order valence-electron chi connectivity index (χ2n) is 6.62. The Bertz CT molecular complexity index is 694. The Balaban J connectivity index is 1.75. The number of nitrogen functional groups attached to an aromatic ring is 1. The minimum atomic E-state index is 0.407. The fourth-order valence-corrected chi connectivity index (χ4v) is 3.08. The first kappa shape index (κ1) is 16.6. The van der Waals surface area contributed by atoms with E-state index in [1.165, 1.54) is 43.1 Å². The van der Waals surface area contributed by atoms with Gasteiger partial charge in [0.2, 0.25) is 5.88 Å². The molecule has 1 heterocycles. The largest absolute Gasteiger partial charge is 0.437 e. The van der Waals surface area contributed by atoms with Crippen molar-refractivity contribution in [2.45, 2.75) is 58.4 Å². The van der Waals surface area contributed by atoms with Crippen molar-refractivity contribution in [1.29, 1.82) is 0 Å². The van der Waals surface area contributed by atoms with Gasteiger partial charge in [-0.05, 0) is 49.9 Å². The molecule has 1 aromatic carbocycles. The van der Waals surface area contributed by atoms with Crippen molar-refractivity contribution < 1.29 is 4.74 Å². The summed E-state index contributed by atoms with van der Waals surface area (Å²) in [6, 6.07) is 6.39. The molecule has 128 valence electrons. The van der Waals surface area contributed by atoms with E-state index in [1.807, 2.05) is 18.2 Å². The summed E-state index contributed by atoms with van der Waals surface area (Å²) < 4.78 is 5.88. The van der Waals surface area contributed by atoms with Gasteiger partial charge < -0.3 is 15.8 Å². The summed E-state index contributed by atoms with van der Waals surface area (Å²) in [6.45, 7) is 4.14. The lowest BCUT2D eigenvalue weighted by Gasteiger charge is -2.18. The van der Waals surface area contributed by atoms with E-state index in [1.54, 1.807) is 0 Å². The van der Waals surface area contributed by atoms with Crippen LogP contribution in [0.15, 0.2) is 24.5 Å². The average molecular weight is 326 g/mol. The number of hydrogen-bond donors (Lipinski definition) is 2. The van der Waals surface area contributed by atoms with Gasteiger partial charge in [-0.3, -0.25) is 0 Å². The van der Waals surface area contributed by atoms with Gasteiger partial charge in [0.1, 0.15) is 17.8 Å². The third-order valence-electron chi connectivity index (χ3n) is 4.74. The van der Waals surface area contributed by atoms with E-state index >= 15 is 0 Å². The summed E-state index contributed by atoms with van der Waals surface area (Å²) >= 11 is 0. The minimum Gasteiger partial charge on any atom is -0.437 e. The van der Waals surface area contributed by atoms with Crippen LogP contribution in [0.5, 0.6) is 11.6 Å². The molecule has 0 bridgehead atoms. The number of nitrogens with one attached hydrogen (secondary N) is 1. The van der Waals surface area contributed by atoms with Crippen molar-refractivity contribution in [3.63, 3.8) is 0 Å². The van der Waals surface area contributed by atoms with E-state index in [9.17, 15) is 0 Å². The number of ether oxygens (including phenoxy) is 1. The van der Waals surface area contributed by atoms with Gasteiger partial charge in [-0.2, -0.15) is 4.98 Å². The molecule has 0 spiro atoms. The highest BCUT2D eigenvalue weighted by atomic mass is 16.5. The van der Waals surface area contributed by atoms with Gasteiger partial charge in [-0.25, -0.2) is 4.98 Å². The molecule has 5 nitrogen and oxygen atoms in total. The number of anilines is 2. The van der Waals surface area contributed by atoms with Crippen molar-refractivity contribution in [1.82, 2.24) is 9.97 Å². The summed E-state index contributed by atoms with van der Waals surface area (Å²) in [4.78, 5) is 8.51. The third kappa shape index (κ3) is 3.96. The lowest BCUT2D eigenvalue weighted by Crippen LogP contribution is -2.20. The summed E-state index contributed by atoms with van der Waals surface area (Å²) in [5.41, 5.74) is 9.12. The molecular formula is C19H26N4O. The molecule has 0 saturated heterocycles. The second kappa shape index (κ2) is 7.51. The maximum absolute atomic E-state index is 6.24. The van der Waals surface area contributed by atoms with Crippen LogP contribution in [-0.2, 0) is 0 Å². The van der Waals surface area contributed by atoms with Crippen LogP contribution in [0.25, 0.3) is 0 Å². The molecule has 1 fully saturated rings. The highest BCUT2D eigenvalue weighted by molar-refractivity contribution is 5.67. The molecule has 0 radical (unpaired) electrons. The SMILES string of the molecule is Cc1ccc(Oc2ncnc(NC3CCCCCC3)c2N)cc1C. The summed E-state index contributed by atoms with van der Waals surface area (Å²) in [5.74, 6) is 1.82. The fraction of sp³-hybridized carbons (Fsp3) is 0.474. The van der Waals surface area contributed by atoms with Gasteiger partial charge in [0.05, 0.1) is 0 Å². The average Bonchev–Trinajstić information content (AvgIpc) is 2.83. The van der Waals surface area contributed by atoms with Crippen LogP contribution in [0, 0.1) is 13.8 Å². The zero-order chi connectivity index (χ0) is 16.9. The standard InChI is InChI=1S/C19H26N4O/c1-13-9-10-16(11-14(13)2)24-19-17(20)18(21-12-22-19)23-15-7-5-3-4-6-8-15/h9-12,15H,3-8,20H2,1-2H3,(H,21,22,23). The molecule has 0 amide bonds. The molecule has 0 unspecified atom stereocenters. The monoisotopic (exact) mass is 326 g/mol. The quantitative estimate of drug-likeness (QED) is 0.803. The van der Waals surface area contributed by atoms with Crippen molar-refractivity contribution >= 4 is 11.5 Å². The first-order valence-corrected chi connectivity index (χ1v) is 8.75. The molecule has 1 aliphatic rings. The van der Waals surface area contributed by atoms with Gasteiger partial charge in [0.15, 0.2) is 5.82 Å². The number of rotatable bonds is 4. The maximum atomic E-state index is 6.24. The maximum Gasteiger partial charge on any atom is 0.248 e. The topological polar surface area (TPSA) is 73.1 Å². The zero-order valence-electron chi connectivity index (χ0n) is 14.5. The van der Waals surface area contributed by atoms with Gasteiger partial charge in [-0.15, -0.1) is 0 Å². The molecular weight excluding hydrogens is 300 g/mol. The molecule has 5 heteroatoms. The molecule has 0 aliphatic heterocycles. The van der Waals surface area contributed by atoms with Crippen molar-refractivity contribution in [2.24, 2.45) is 0 Å². The third-order valence-corrected chi connectivity index (χ3v) is 4.74. The van der Waals surface area contributed by atoms with Gasteiger partial charge >= 0.3 is 0 Å². The summed E-state index contributed by atoms with van der Waals surface area (Å²) in [7, 11) is 0. The number of aryl methyl sites for hydroxylation is 2. The number of benzene rings is 1. The number of aromatic nitrogens is 2. The molecule has 24 heavy (non-hydrogen) atoms. The number of hydrogen-bond acceptors (Lipinski definition) is 5. The van der Waals surface area contributed by atoms with Gasteiger partial charge in [-0.1, -0.05) is 31.7 Å². The minimum absolute atomic E-state index is 0.407. The summed E-state index contributed by atoms with van der Waals surface area (Å²) in [6.07, 6.45) is 8.99. The van der Waals surface area contributed by atoms with E-state index < -0.39 is 0 Å². The Hall–Kier alpha value is -2.30. The Labute approximate surface area is 143 Å². The predicted molar refractivity (Wildman–Crippen MR) is 97.5 cm³/mol. The van der Waals surface area contributed by atoms with Crippen LogP contribution in [-0.4, -0.2) is 16.0 Å². The number of nitrogens with two attached hydrogens (primary N) is 1. The van der Waals surface area contributed by atoms with Crippen LogP contribution in [0.1, 0.15) is 49.7 Å². The van der Waals surface area contributed by atoms with E-state index in [2.05, 4.69) is 29.1 Å². The van der Waals surface area contributed by atoms with Crippen LogP contribution in [0.4, 0.5) is 11.5 Å². The highest BCUT2D eigenvalue weighted by Gasteiger charge is 2.16. The van der Waals surface area contributed by atoms with E-state index in [-0.39, 0.29) is 0 Å². The van der Waals surface area contributed by atoms with Gasteiger partial charge in [0.25, 0.3) is 0 Å². The molecule has 3 N–H and O–H groups in total. The van der Waals surface area contributed by atoms with E-state index in [0.717, 1.165) is 18.6 Å². The molecule has 2 aromatic rings. The Morgan fingerprint density at radius 1 is 1.04 bits per heavy atom. The lowest BCUT2D eigenvalue weighted by molar-refractivity contribution is 0.464. The zero-order valence-corrected chi connectivity index (χ0v) is 14.5. The van der Waals surface area contributed by atoms with Crippen molar-refractivity contribution in [2.75, 3.05) is 11.1 Å². The number of nitrogens with zero attached hydrogens (tertiary/aromatic N) is 2. The predicted octanol–water partition coefficient (Wildman–Crippen LogP) is 4.60. The molecule has 3 rings (SSSR count). The Morgan fingerprint density at radius 3 is 2.50 bits per heavy atom. The smallest absolute Gasteiger partial charge is 0.248 e. The van der Waals surface area contributed by atoms with Crippen molar-refractivity contribution in [3.8, 4) is 11.6 Å².